The highest BCUT2D eigenvalue weighted by Crippen LogP contribution is 2.45. The summed E-state index contributed by atoms with van der Waals surface area (Å²) in [6.45, 7) is 22.5. The molecule has 4 aromatic heterocycles. The summed E-state index contributed by atoms with van der Waals surface area (Å²) in [7, 11) is -13.2. The van der Waals surface area contributed by atoms with E-state index in [0.29, 0.717) is 43.8 Å². The van der Waals surface area contributed by atoms with Crippen LogP contribution in [0.15, 0.2) is 89.1 Å². The number of fused-ring (bicyclic) bond motifs is 2. The molecule has 0 atom stereocenters. The number of aryl methyl sites for hydroxylation is 7. The van der Waals surface area contributed by atoms with Gasteiger partial charge in [0.15, 0.2) is 16.8 Å². The minimum absolute atomic E-state index is 0. The van der Waals surface area contributed by atoms with E-state index in [2.05, 4.69) is 96.5 Å². The Bertz CT molecular complexity index is 3810. The first-order valence-corrected chi connectivity index (χ1v) is 30.8. The van der Waals surface area contributed by atoms with E-state index in [0.717, 1.165) is 71.0 Å². The predicted octanol–water partition coefficient (Wildman–Crippen LogP) is 13.0. The largest absolute Gasteiger partial charge is 0.397 e. The second kappa shape index (κ2) is 26.3. The Morgan fingerprint density at radius 1 is 0.713 bits per heavy atom. The fourth-order valence-corrected chi connectivity index (χ4v) is 11.8. The minimum Gasteiger partial charge on any atom is -0.338 e. The number of nitrogens with one attached hydrogen (secondary N) is 1. The molecule has 8 aromatic rings. The third-order valence-corrected chi connectivity index (χ3v) is 15.9. The molecule has 80 heavy (non-hydrogen) atoms. The Balaban J connectivity index is 0.000000457. The van der Waals surface area contributed by atoms with Crippen molar-refractivity contribution >= 4 is 114 Å². The van der Waals surface area contributed by atoms with Gasteiger partial charge in [-0.25, -0.2) is 31.7 Å². The van der Waals surface area contributed by atoms with Crippen molar-refractivity contribution in [1.82, 2.24) is 29.0 Å². The summed E-state index contributed by atoms with van der Waals surface area (Å²) in [5, 5.41) is 30.5. The van der Waals surface area contributed by atoms with E-state index in [1.165, 1.54) is 22.5 Å². The number of azo groups is 1. The quantitative estimate of drug-likeness (QED) is 0.0564. The zero-order chi connectivity index (χ0) is 58.4. The molecule has 0 saturated heterocycles. The van der Waals surface area contributed by atoms with Crippen LogP contribution in [0.1, 0.15) is 92.2 Å². The van der Waals surface area contributed by atoms with Crippen molar-refractivity contribution in [2.45, 2.75) is 95.9 Å². The molecule has 0 amide bonds. The van der Waals surface area contributed by atoms with Gasteiger partial charge in [-0.2, -0.15) is 36.2 Å². The number of thiazole rings is 2. The van der Waals surface area contributed by atoms with E-state index in [9.17, 15) is 30.5 Å². The lowest BCUT2D eigenvalue weighted by Gasteiger charge is -2.27. The molecule has 3 N–H and O–H groups in total. The molecule has 428 valence electrons. The Morgan fingerprint density at radius 2 is 1.21 bits per heavy atom. The molecule has 0 fully saturated rings. The van der Waals surface area contributed by atoms with E-state index in [1.54, 1.807) is 16.0 Å². The Hall–Kier alpha value is -6.64. The van der Waals surface area contributed by atoms with Gasteiger partial charge in [0.1, 0.15) is 23.1 Å². The fraction of sp³-hybridized carbons (Fsp3) is 0.352. The van der Waals surface area contributed by atoms with E-state index in [-0.39, 0.29) is 7.43 Å². The molecule has 0 aliphatic carbocycles. The highest BCUT2D eigenvalue weighted by Gasteiger charge is 2.30. The molecular weight excluding hydrogens is 1120 g/mol. The van der Waals surface area contributed by atoms with E-state index < -0.39 is 62.5 Å². The maximum Gasteiger partial charge on any atom is 0.397 e. The zero-order valence-corrected chi connectivity index (χ0v) is 50.1. The monoisotopic (exact) mass is 1190 g/mol. The smallest absolute Gasteiger partial charge is 0.338 e. The Kier molecular flexibility index (Phi) is 21.1. The summed E-state index contributed by atoms with van der Waals surface area (Å²) in [6.07, 6.45) is 0.786. The molecule has 4 heterocycles. The van der Waals surface area contributed by atoms with Crippen LogP contribution in [0.5, 0.6) is 0 Å². The van der Waals surface area contributed by atoms with Crippen LogP contribution in [-0.4, -0.2) is 96.0 Å². The van der Waals surface area contributed by atoms with Gasteiger partial charge in [0, 0.05) is 24.2 Å². The molecule has 21 nitrogen and oxygen atoms in total. The number of benzene rings is 4. The van der Waals surface area contributed by atoms with Gasteiger partial charge in [-0.1, -0.05) is 124 Å². The first-order chi connectivity index (χ1) is 37.0. The van der Waals surface area contributed by atoms with Crippen LogP contribution in [0.25, 0.3) is 25.6 Å². The lowest BCUT2D eigenvalue weighted by molar-refractivity contribution is 0.216. The van der Waals surface area contributed by atoms with Crippen molar-refractivity contribution in [2.75, 3.05) is 42.8 Å². The van der Waals surface area contributed by atoms with Crippen molar-refractivity contribution in [1.29, 1.82) is 5.26 Å². The average molecular weight is 1190 g/mol. The lowest BCUT2D eigenvalue weighted by Crippen LogP contribution is -2.36. The van der Waals surface area contributed by atoms with Crippen molar-refractivity contribution in [2.24, 2.45) is 10.2 Å². The molecule has 4 aromatic carbocycles. The number of sulfonamides is 1. The van der Waals surface area contributed by atoms with Crippen molar-refractivity contribution in [3.05, 3.63) is 129 Å². The summed E-state index contributed by atoms with van der Waals surface area (Å²) in [5.41, 5.74) is 12.4. The molecule has 0 radical (unpaired) electrons. The van der Waals surface area contributed by atoms with Crippen LogP contribution >= 0.6 is 22.7 Å². The van der Waals surface area contributed by atoms with Gasteiger partial charge in [0.05, 0.1) is 51.3 Å². The fourth-order valence-electron chi connectivity index (χ4n) is 8.50. The van der Waals surface area contributed by atoms with Gasteiger partial charge < -0.3 is 5.32 Å². The molecule has 0 spiro atoms. The minimum atomic E-state index is -4.70. The zero-order valence-electron chi connectivity index (χ0n) is 46.0. The Morgan fingerprint density at radius 3 is 1.69 bits per heavy atom. The molecule has 26 heteroatoms. The number of pyridine rings is 1. The number of hydrogen-bond acceptors (Lipinski definition) is 19. The summed E-state index contributed by atoms with van der Waals surface area (Å²) in [4.78, 5) is 17.6. The standard InChI is InChI=1S/C46H44N10S2.C5H13NO10S3.C2H6.CH4/c1-25-19-27(3)38(28(4)20-25)51-42-39(52-53-43-32(24-47)41(46(8,9)10)54-56(43)45-49-34-16-12-14-18-36(34)58-45)29(5)23-37(50-42)55(40-30(6)21-26(2)22-31(40)7)44-48-33-15-11-13-17-35(33)57-44;1-17(7,8)6(2-4-15-18(9,10)11)3-5-16-19(12,13)14;1-2;/h11-23H,1-10H3,(H,50,51);2-5H2,1H3,(H,9,10,11)(H,12,13,14);1-2H3;1H4. The summed E-state index contributed by atoms with van der Waals surface area (Å²) >= 11 is 3.12. The number of hydrogen-bond donors (Lipinski definition) is 3. The Labute approximate surface area is 477 Å². The van der Waals surface area contributed by atoms with E-state index in [4.69, 9.17) is 39.4 Å². The van der Waals surface area contributed by atoms with Crippen LogP contribution < -0.4 is 10.2 Å². The van der Waals surface area contributed by atoms with Crippen LogP contribution in [0.2, 0.25) is 0 Å². The second-order valence-electron chi connectivity index (χ2n) is 19.1. The number of para-hydroxylation sites is 2. The van der Waals surface area contributed by atoms with Crippen LogP contribution in [-0.2, 0) is 44.6 Å². The molecule has 0 aliphatic heterocycles. The van der Waals surface area contributed by atoms with Gasteiger partial charge in [0.2, 0.25) is 15.2 Å². The van der Waals surface area contributed by atoms with Crippen molar-refractivity contribution in [3.8, 4) is 11.2 Å². The number of nitriles is 1. The maximum atomic E-state index is 11.2. The lowest BCUT2D eigenvalue weighted by atomic mass is 9.90. The topological polar surface area (TPSA) is 285 Å². The molecule has 0 bridgehead atoms. The first kappa shape index (κ1) is 64.2. The van der Waals surface area contributed by atoms with E-state index >= 15 is 0 Å². The van der Waals surface area contributed by atoms with Crippen molar-refractivity contribution in [3.63, 3.8) is 0 Å². The van der Waals surface area contributed by atoms with E-state index in [1.807, 2.05) is 90.1 Å². The first-order valence-electron chi connectivity index (χ1n) is 24.6. The molecule has 0 unspecified atom stereocenters. The summed E-state index contributed by atoms with van der Waals surface area (Å²) < 4.78 is 92.2. The maximum absolute atomic E-state index is 11.2. The number of nitrogens with zero attached hydrogens (tertiary/aromatic N) is 10. The van der Waals surface area contributed by atoms with Crippen LogP contribution in [0.4, 0.5) is 39.6 Å². The highest BCUT2D eigenvalue weighted by atomic mass is 32.3. The third kappa shape index (κ3) is 16.0. The van der Waals surface area contributed by atoms with Gasteiger partial charge in [-0.15, -0.1) is 10.2 Å². The average Bonchev–Trinajstić information content (AvgIpc) is 4.28. The van der Waals surface area contributed by atoms with Gasteiger partial charge in [-0.3, -0.25) is 14.0 Å². The summed E-state index contributed by atoms with van der Waals surface area (Å²) in [5.74, 6) is 1.51. The van der Waals surface area contributed by atoms with Crippen LogP contribution in [0.3, 0.4) is 0 Å². The van der Waals surface area contributed by atoms with Crippen molar-refractivity contribution < 1.29 is 42.7 Å². The highest BCUT2D eigenvalue weighted by molar-refractivity contribution is 7.88. The second-order valence-corrected chi connectivity index (χ2v) is 25.3. The third-order valence-electron chi connectivity index (χ3n) is 11.7. The van der Waals surface area contributed by atoms with Gasteiger partial charge in [0.25, 0.3) is 0 Å². The molecular formula is C54H67N11O10S5. The SMILES string of the molecule is C.CC.CS(=O)(=O)N(CCOS(=O)(=O)O)CCOS(=O)(=O)O.Cc1cc(C)c(Nc2nc(N(c3nc4ccccc4s3)c3c(C)cc(C)cc3C)cc(C)c2N=Nc2c(C#N)c(C(C)(C)C)nn2-c2nc3ccccc3s2)c(C)c1. The van der Waals surface area contributed by atoms with Gasteiger partial charge in [-0.05, 0) is 107 Å². The molecule has 0 saturated carbocycles. The molecule has 8 rings (SSSR count). The number of rotatable bonds is 17. The van der Waals surface area contributed by atoms with Gasteiger partial charge >= 0.3 is 20.8 Å². The molecule has 0 aliphatic rings. The normalized spacial score (nSPS) is 12.0. The number of aromatic nitrogens is 5. The predicted molar refractivity (Wildman–Crippen MR) is 319 cm³/mol. The number of anilines is 5. The summed E-state index contributed by atoms with van der Waals surface area (Å²) in [6, 6.07) is 29.3. The van der Waals surface area contributed by atoms with Crippen LogP contribution in [0, 0.1) is 59.8 Å².